The van der Waals surface area contributed by atoms with E-state index in [4.69, 9.17) is 5.26 Å². The van der Waals surface area contributed by atoms with Crippen LogP contribution in [-0.2, 0) is 0 Å². The maximum atomic E-state index is 12.7. The predicted molar refractivity (Wildman–Crippen MR) is 94.6 cm³/mol. The van der Waals surface area contributed by atoms with Crippen LogP contribution in [0.4, 0.5) is 0 Å². The van der Waals surface area contributed by atoms with Crippen molar-refractivity contribution in [3.8, 4) is 11.8 Å². The number of nitrogens with zero attached hydrogens (tertiary/aromatic N) is 3. The number of rotatable bonds is 4. The fourth-order valence-electron chi connectivity index (χ4n) is 3.53. The van der Waals surface area contributed by atoms with Crippen molar-refractivity contribution in [2.45, 2.75) is 33.1 Å². The third-order valence-electron chi connectivity index (χ3n) is 4.80. The molecule has 2 aromatic rings. The Morgan fingerprint density at radius 2 is 1.79 bits per heavy atom. The van der Waals surface area contributed by atoms with Gasteiger partial charge in [0.15, 0.2) is 5.78 Å². The number of nitriles is 1. The number of benzene rings is 1. The fraction of sp³-hybridized carbons (Fsp3) is 0.400. The van der Waals surface area contributed by atoms with Crippen LogP contribution in [0.1, 0.15) is 46.6 Å². The highest BCUT2D eigenvalue weighted by Gasteiger charge is 2.20. The summed E-state index contributed by atoms with van der Waals surface area (Å²) >= 11 is 0. The zero-order chi connectivity index (χ0) is 17.1. The molecule has 0 unspecified atom stereocenters. The Labute approximate surface area is 143 Å². The quantitative estimate of drug-likeness (QED) is 0.808. The minimum Gasteiger partial charge on any atom is -0.318 e. The van der Waals surface area contributed by atoms with Crippen LogP contribution in [0.2, 0.25) is 0 Å². The van der Waals surface area contributed by atoms with Crippen LogP contribution in [0.25, 0.3) is 5.69 Å². The lowest BCUT2D eigenvalue weighted by atomic mass is 10.1. The summed E-state index contributed by atoms with van der Waals surface area (Å²) in [5.74, 6) is 0.199. The van der Waals surface area contributed by atoms with Crippen LogP contribution in [-0.4, -0.2) is 34.9 Å². The average molecular weight is 321 g/mol. The van der Waals surface area contributed by atoms with Gasteiger partial charge in [0.1, 0.15) is 0 Å². The molecule has 24 heavy (non-hydrogen) atoms. The van der Waals surface area contributed by atoms with Crippen molar-refractivity contribution in [3.63, 3.8) is 0 Å². The molecule has 3 rings (SSSR count). The van der Waals surface area contributed by atoms with E-state index >= 15 is 0 Å². The SMILES string of the molecule is Cc1cc(C(=O)CN2CCCCC2)c(C)n1-c1ccc(C#N)cc1. The summed E-state index contributed by atoms with van der Waals surface area (Å²) in [7, 11) is 0. The van der Waals surface area contributed by atoms with Crippen LogP contribution in [0.15, 0.2) is 30.3 Å². The number of hydrogen-bond donors (Lipinski definition) is 0. The molecule has 0 spiro atoms. The van der Waals surface area contributed by atoms with Crippen LogP contribution < -0.4 is 0 Å². The van der Waals surface area contributed by atoms with E-state index in [-0.39, 0.29) is 5.78 Å². The number of piperidine rings is 1. The first-order chi connectivity index (χ1) is 11.6. The molecule has 0 amide bonds. The molecule has 1 fully saturated rings. The topological polar surface area (TPSA) is 49.0 Å². The minimum atomic E-state index is 0.199. The maximum Gasteiger partial charge on any atom is 0.178 e. The Morgan fingerprint density at radius 1 is 1.12 bits per heavy atom. The lowest BCUT2D eigenvalue weighted by Gasteiger charge is -2.25. The molecule has 0 aliphatic carbocycles. The Bertz CT molecular complexity index is 774. The molecule has 0 bridgehead atoms. The molecule has 0 N–H and O–H groups in total. The van der Waals surface area contributed by atoms with Crippen molar-refractivity contribution in [2.75, 3.05) is 19.6 Å². The fourth-order valence-corrected chi connectivity index (χ4v) is 3.53. The predicted octanol–water partition coefficient (Wildman–Crippen LogP) is 3.63. The van der Waals surface area contributed by atoms with Gasteiger partial charge in [-0.25, -0.2) is 0 Å². The lowest BCUT2D eigenvalue weighted by Crippen LogP contribution is -2.34. The van der Waals surface area contributed by atoms with Gasteiger partial charge >= 0.3 is 0 Å². The van der Waals surface area contributed by atoms with E-state index in [9.17, 15) is 4.79 Å². The molecule has 2 heterocycles. The van der Waals surface area contributed by atoms with Gasteiger partial charge < -0.3 is 4.57 Å². The number of hydrogen-bond acceptors (Lipinski definition) is 3. The van der Waals surface area contributed by atoms with Crippen molar-refractivity contribution in [3.05, 3.63) is 52.8 Å². The second-order valence-corrected chi connectivity index (χ2v) is 6.54. The summed E-state index contributed by atoms with van der Waals surface area (Å²) in [6.45, 7) is 6.58. The molecular weight excluding hydrogens is 298 g/mol. The number of Topliss-reactive ketones (excluding diaryl/α,β-unsaturated/α-hetero) is 1. The van der Waals surface area contributed by atoms with Crippen LogP contribution in [0.5, 0.6) is 0 Å². The molecule has 1 aliphatic heterocycles. The average Bonchev–Trinajstić information content (AvgIpc) is 2.90. The van der Waals surface area contributed by atoms with Crippen molar-refractivity contribution in [2.24, 2.45) is 0 Å². The van der Waals surface area contributed by atoms with Gasteiger partial charge in [0.25, 0.3) is 0 Å². The highest BCUT2D eigenvalue weighted by atomic mass is 16.1. The van der Waals surface area contributed by atoms with Crippen LogP contribution in [0, 0.1) is 25.2 Å². The second-order valence-electron chi connectivity index (χ2n) is 6.54. The van der Waals surface area contributed by atoms with Gasteiger partial charge in [0, 0.05) is 22.6 Å². The summed E-state index contributed by atoms with van der Waals surface area (Å²) < 4.78 is 2.09. The molecule has 1 aromatic heterocycles. The largest absolute Gasteiger partial charge is 0.318 e. The number of ketones is 1. The standard InChI is InChI=1S/C20H23N3O/c1-15-12-19(20(24)14-22-10-4-3-5-11-22)16(2)23(15)18-8-6-17(13-21)7-9-18/h6-9,12H,3-5,10-11,14H2,1-2H3. The molecule has 1 saturated heterocycles. The van der Waals surface area contributed by atoms with E-state index in [0.717, 1.165) is 35.7 Å². The molecule has 4 heteroatoms. The van der Waals surface area contributed by atoms with Crippen molar-refractivity contribution in [1.82, 2.24) is 9.47 Å². The number of aromatic nitrogens is 1. The minimum absolute atomic E-state index is 0.199. The van der Waals surface area contributed by atoms with Gasteiger partial charge in [-0.05, 0) is 70.1 Å². The lowest BCUT2D eigenvalue weighted by molar-refractivity contribution is 0.0915. The van der Waals surface area contributed by atoms with Gasteiger partial charge in [0.05, 0.1) is 18.2 Å². The Balaban J connectivity index is 1.85. The van der Waals surface area contributed by atoms with Gasteiger partial charge in [0.2, 0.25) is 0 Å². The van der Waals surface area contributed by atoms with Crippen LogP contribution >= 0.6 is 0 Å². The summed E-state index contributed by atoms with van der Waals surface area (Å²) in [6, 6.07) is 11.6. The normalized spacial score (nSPS) is 15.2. The van der Waals surface area contributed by atoms with E-state index in [1.807, 2.05) is 44.2 Å². The number of likely N-dealkylation sites (tertiary alicyclic amines) is 1. The first-order valence-electron chi connectivity index (χ1n) is 8.55. The first-order valence-corrected chi connectivity index (χ1v) is 8.55. The van der Waals surface area contributed by atoms with E-state index in [0.29, 0.717) is 12.1 Å². The molecule has 4 nitrogen and oxygen atoms in total. The first kappa shape index (κ1) is 16.5. The zero-order valence-corrected chi connectivity index (χ0v) is 14.4. The third kappa shape index (κ3) is 3.27. The van der Waals surface area contributed by atoms with Gasteiger partial charge in [-0.3, -0.25) is 9.69 Å². The van der Waals surface area contributed by atoms with Crippen molar-refractivity contribution < 1.29 is 4.79 Å². The Morgan fingerprint density at radius 3 is 2.42 bits per heavy atom. The number of carbonyl (C=O) groups excluding carboxylic acids is 1. The molecule has 0 radical (unpaired) electrons. The van der Waals surface area contributed by atoms with Gasteiger partial charge in [-0.15, -0.1) is 0 Å². The van der Waals surface area contributed by atoms with E-state index in [1.165, 1.54) is 19.3 Å². The second kappa shape index (κ2) is 7.02. The summed E-state index contributed by atoms with van der Waals surface area (Å²) in [4.78, 5) is 15.0. The third-order valence-corrected chi connectivity index (χ3v) is 4.80. The smallest absolute Gasteiger partial charge is 0.178 e. The summed E-state index contributed by atoms with van der Waals surface area (Å²) in [5, 5.41) is 8.93. The van der Waals surface area contributed by atoms with Crippen molar-refractivity contribution >= 4 is 5.78 Å². The molecular formula is C20H23N3O. The molecule has 0 saturated carbocycles. The van der Waals surface area contributed by atoms with Gasteiger partial charge in [-0.2, -0.15) is 5.26 Å². The molecule has 1 aliphatic rings. The number of aryl methyl sites for hydroxylation is 1. The highest BCUT2D eigenvalue weighted by molar-refractivity contribution is 5.99. The van der Waals surface area contributed by atoms with Gasteiger partial charge in [-0.1, -0.05) is 6.42 Å². The van der Waals surface area contributed by atoms with E-state index in [1.54, 1.807) is 0 Å². The molecule has 1 aromatic carbocycles. The summed E-state index contributed by atoms with van der Waals surface area (Å²) in [6.07, 6.45) is 3.66. The Kier molecular flexibility index (Phi) is 4.82. The van der Waals surface area contributed by atoms with E-state index in [2.05, 4.69) is 15.5 Å². The van der Waals surface area contributed by atoms with Crippen LogP contribution in [0.3, 0.4) is 0 Å². The highest BCUT2D eigenvalue weighted by Crippen LogP contribution is 2.22. The van der Waals surface area contributed by atoms with Crippen molar-refractivity contribution in [1.29, 1.82) is 5.26 Å². The zero-order valence-electron chi connectivity index (χ0n) is 14.4. The maximum absolute atomic E-state index is 12.7. The molecule has 124 valence electrons. The summed E-state index contributed by atoms with van der Waals surface area (Å²) in [5.41, 5.74) is 4.45. The Hall–Kier alpha value is -2.38. The van der Waals surface area contributed by atoms with E-state index < -0.39 is 0 Å². The molecule has 0 atom stereocenters. The number of carbonyl (C=O) groups is 1. The monoisotopic (exact) mass is 321 g/mol.